The lowest BCUT2D eigenvalue weighted by molar-refractivity contribution is 0.460. The van der Waals surface area contributed by atoms with E-state index in [0.29, 0.717) is 18.3 Å². The normalized spacial score (nSPS) is 18.4. The summed E-state index contributed by atoms with van der Waals surface area (Å²) >= 11 is 0. The molecule has 1 heterocycles. The summed E-state index contributed by atoms with van der Waals surface area (Å²) in [7, 11) is -3.28. The van der Waals surface area contributed by atoms with Crippen LogP contribution in [-0.4, -0.2) is 32.2 Å². The molecule has 6 heteroatoms. The molecule has 1 unspecified atom stereocenters. The summed E-state index contributed by atoms with van der Waals surface area (Å²) in [5.74, 6) is 0.937. The van der Waals surface area contributed by atoms with E-state index in [4.69, 9.17) is 5.73 Å². The van der Waals surface area contributed by atoms with Gasteiger partial charge in [0.25, 0.3) is 0 Å². The fraction of sp³-hybridized carbons (Fsp3) is 0.615. The van der Waals surface area contributed by atoms with Gasteiger partial charge in [0.2, 0.25) is 0 Å². The summed E-state index contributed by atoms with van der Waals surface area (Å²) < 4.78 is 23.5. The number of nitrogens with zero attached hydrogens (tertiary/aromatic N) is 1. The second-order valence-electron chi connectivity index (χ2n) is 5.15. The second-order valence-corrected chi connectivity index (χ2v) is 7.14. The third kappa shape index (κ3) is 3.45. The highest BCUT2D eigenvalue weighted by molar-refractivity contribution is 7.90. The van der Waals surface area contributed by atoms with Gasteiger partial charge in [-0.1, -0.05) is 12.8 Å². The average molecular weight is 283 g/mol. The number of rotatable bonds is 5. The van der Waals surface area contributed by atoms with E-state index in [1.165, 1.54) is 19.1 Å². The van der Waals surface area contributed by atoms with Gasteiger partial charge in [0, 0.05) is 25.0 Å². The third-order valence-corrected chi connectivity index (χ3v) is 4.84. The first-order valence-corrected chi connectivity index (χ1v) is 8.53. The molecule has 0 spiro atoms. The predicted molar refractivity (Wildman–Crippen MR) is 75.8 cm³/mol. The van der Waals surface area contributed by atoms with Gasteiger partial charge in [-0.3, -0.25) is 0 Å². The Kier molecular flexibility index (Phi) is 4.42. The van der Waals surface area contributed by atoms with Gasteiger partial charge >= 0.3 is 0 Å². The summed E-state index contributed by atoms with van der Waals surface area (Å²) in [4.78, 5) is 4.40. The highest BCUT2D eigenvalue weighted by Crippen LogP contribution is 2.29. The topological polar surface area (TPSA) is 85.1 Å². The molecule has 3 N–H and O–H groups in total. The molecule has 1 atom stereocenters. The molecule has 0 aliphatic heterocycles. The molecule has 1 fully saturated rings. The van der Waals surface area contributed by atoms with Crippen LogP contribution in [0.5, 0.6) is 0 Å². The van der Waals surface area contributed by atoms with Crippen molar-refractivity contribution in [2.75, 3.05) is 18.1 Å². The van der Waals surface area contributed by atoms with E-state index < -0.39 is 9.84 Å². The van der Waals surface area contributed by atoms with Crippen molar-refractivity contribution in [1.82, 2.24) is 4.98 Å². The average Bonchev–Trinajstić information content (AvgIpc) is 2.89. The van der Waals surface area contributed by atoms with Crippen molar-refractivity contribution < 1.29 is 8.42 Å². The summed E-state index contributed by atoms with van der Waals surface area (Å²) in [6.07, 6.45) is 7.54. The van der Waals surface area contributed by atoms with E-state index in [-0.39, 0.29) is 10.9 Å². The Labute approximate surface area is 114 Å². The van der Waals surface area contributed by atoms with Gasteiger partial charge in [-0.15, -0.1) is 0 Å². The Morgan fingerprint density at radius 1 is 1.47 bits per heavy atom. The molecule has 1 saturated carbocycles. The Bertz CT molecular complexity index is 524. The SMILES string of the molecule is CS(=O)(=O)c1cccnc1NC(CN)C1CCCC1. The van der Waals surface area contributed by atoms with Gasteiger partial charge in [-0.2, -0.15) is 0 Å². The van der Waals surface area contributed by atoms with Crippen molar-refractivity contribution in [2.24, 2.45) is 11.7 Å². The lowest BCUT2D eigenvalue weighted by Crippen LogP contribution is -2.35. The van der Waals surface area contributed by atoms with E-state index >= 15 is 0 Å². The van der Waals surface area contributed by atoms with Crippen LogP contribution in [0.1, 0.15) is 25.7 Å². The minimum absolute atomic E-state index is 0.0953. The largest absolute Gasteiger partial charge is 0.365 e. The number of hydrogen-bond donors (Lipinski definition) is 2. The van der Waals surface area contributed by atoms with Crippen LogP contribution in [0.2, 0.25) is 0 Å². The molecule has 19 heavy (non-hydrogen) atoms. The Hall–Kier alpha value is -1.14. The molecule has 0 bridgehead atoms. The lowest BCUT2D eigenvalue weighted by atomic mass is 9.98. The summed E-state index contributed by atoms with van der Waals surface area (Å²) in [5, 5.41) is 3.23. The highest BCUT2D eigenvalue weighted by Gasteiger charge is 2.25. The number of hydrogen-bond acceptors (Lipinski definition) is 5. The number of aromatic nitrogens is 1. The van der Waals surface area contributed by atoms with Gasteiger partial charge in [-0.05, 0) is 30.9 Å². The standard InChI is InChI=1S/C13H21N3O2S/c1-19(17,18)12-7-4-8-15-13(12)16-11(9-14)10-5-2-3-6-10/h4,7-8,10-11H,2-3,5-6,9,14H2,1H3,(H,15,16). The number of anilines is 1. The lowest BCUT2D eigenvalue weighted by Gasteiger charge is -2.24. The van der Waals surface area contributed by atoms with Crippen LogP contribution in [0.25, 0.3) is 0 Å². The van der Waals surface area contributed by atoms with Crippen LogP contribution < -0.4 is 11.1 Å². The fourth-order valence-electron chi connectivity index (χ4n) is 2.70. The molecule has 106 valence electrons. The summed E-state index contributed by atoms with van der Waals surface area (Å²) in [6, 6.07) is 3.31. The molecule has 0 amide bonds. The van der Waals surface area contributed by atoms with Gasteiger partial charge < -0.3 is 11.1 Å². The monoisotopic (exact) mass is 283 g/mol. The van der Waals surface area contributed by atoms with Crippen molar-refractivity contribution in [3.05, 3.63) is 18.3 Å². The minimum atomic E-state index is -3.28. The molecule has 2 rings (SSSR count). The Balaban J connectivity index is 2.22. The maximum Gasteiger partial charge on any atom is 0.179 e. The third-order valence-electron chi connectivity index (χ3n) is 3.72. The summed E-state index contributed by atoms with van der Waals surface area (Å²) in [6.45, 7) is 0.491. The maximum atomic E-state index is 11.7. The van der Waals surface area contributed by atoms with Crippen molar-refractivity contribution in [1.29, 1.82) is 0 Å². The minimum Gasteiger partial charge on any atom is -0.365 e. The number of nitrogens with one attached hydrogen (secondary N) is 1. The Morgan fingerprint density at radius 3 is 2.74 bits per heavy atom. The van der Waals surface area contributed by atoms with Crippen LogP contribution in [-0.2, 0) is 9.84 Å². The smallest absolute Gasteiger partial charge is 0.179 e. The maximum absolute atomic E-state index is 11.7. The molecule has 1 aliphatic rings. The van der Waals surface area contributed by atoms with Crippen LogP contribution in [0.4, 0.5) is 5.82 Å². The zero-order chi connectivity index (χ0) is 13.9. The number of sulfone groups is 1. The summed E-state index contributed by atoms with van der Waals surface area (Å²) in [5.41, 5.74) is 5.82. The van der Waals surface area contributed by atoms with E-state index in [2.05, 4.69) is 10.3 Å². The van der Waals surface area contributed by atoms with Crippen LogP contribution in [0.3, 0.4) is 0 Å². The van der Waals surface area contributed by atoms with Gasteiger partial charge in [0.15, 0.2) is 9.84 Å². The zero-order valence-electron chi connectivity index (χ0n) is 11.2. The molecular weight excluding hydrogens is 262 g/mol. The van der Waals surface area contributed by atoms with Crippen molar-refractivity contribution >= 4 is 15.7 Å². The molecule has 0 aromatic carbocycles. The van der Waals surface area contributed by atoms with Crippen molar-refractivity contribution in [3.8, 4) is 0 Å². The predicted octanol–water partition coefficient (Wildman–Crippen LogP) is 1.41. The van der Waals surface area contributed by atoms with E-state index in [1.807, 2.05) is 0 Å². The van der Waals surface area contributed by atoms with E-state index in [9.17, 15) is 8.42 Å². The van der Waals surface area contributed by atoms with Crippen LogP contribution >= 0.6 is 0 Å². The molecule has 1 aromatic rings. The van der Waals surface area contributed by atoms with E-state index in [1.54, 1.807) is 18.3 Å². The van der Waals surface area contributed by atoms with Crippen LogP contribution in [0, 0.1) is 5.92 Å². The van der Waals surface area contributed by atoms with Crippen molar-refractivity contribution in [2.45, 2.75) is 36.6 Å². The molecule has 1 aliphatic carbocycles. The number of pyridine rings is 1. The quantitative estimate of drug-likeness (QED) is 0.853. The highest BCUT2D eigenvalue weighted by atomic mass is 32.2. The van der Waals surface area contributed by atoms with Gasteiger partial charge in [0.05, 0.1) is 0 Å². The zero-order valence-corrected chi connectivity index (χ0v) is 12.0. The van der Waals surface area contributed by atoms with Gasteiger partial charge in [0.1, 0.15) is 10.7 Å². The molecular formula is C13H21N3O2S. The first kappa shape index (κ1) is 14.3. The molecule has 1 aromatic heterocycles. The van der Waals surface area contributed by atoms with Gasteiger partial charge in [-0.25, -0.2) is 13.4 Å². The second kappa shape index (κ2) is 5.88. The molecule has 0 radical (unpaired) electrons. The first-order valence-electron chi connectivity index (χ1n) is 6.64. The molecule has 5 nitrogen and oxygen atoms in total. The first-order chi connectivity index (χ1) is 9.02. The Morgan fingerprint density at radius 2 is 2.16 bits per heavy atom. The van der Waals surface area contributed by atoms with E-state index in [0.717, 1.165) is 12.8 Å². The fourth-order valence-corrected chi connectivity index (χ4v) is 3.49. The van der Waals surface area contributed by atoms with Crippen LogP contribution in [0.15, 0.2) is 23.2 Å². The molecule has 0 saturated heterocycles. The number of nitrogens with two attached hydrogens (primary N) is 1. The van der Waals surface area contributed by atoms with Crippen molar-refractivity contribution in [3.63, 3.8) is 0 Å².